The summed E-state index contributed by atoms with van der Waals surface area (Å²) in [6.45, 7) is 1.89. The van der Waals surface area contributed by atoms with Gasteiger partial charge in [0.25, 0.3) is 0 Å². The van der Waals surface area contributed by atoms with Crippen molar-refractivity contribution in [3.63, 3.8) is 0 Å². The molecule has 1 aromatic rings. The van der Waals surface area contributed by atoms with Gasteiger partial charge in [-0.3, -0.25) is 9.59 Å². The summed E-state index contributed by atoms with van der Waals surface area (Å²) in [6.07, 6.45) is 1.69. The van der Waals surface area contributed by atoms with E-state index in [9.17, 15) is 14.7 Å². The van der Waals surface area contributed by atoms with E-state index in [-0.39, 0.29) is 18.8 Å². The van der Waals surface area contributed by atoms with Gasteiger partial charge in [0.1, 0.15) is 0 Å². The van der Waals surface area contributed by atoms with Gasteiger partial charge in [-0.05, 0) is 30.7 Å². The SMILES string of the molecule is CCC(CC(N)=O)[C@@H](C[C@@H](O)CCc1ccccc1)C(N)=O. The van der Waals surface area contributed by atoms with Crippen LogP contribution >= 0.6 is 0 Å². The molecule has 0 radical (unpaired) electrons. The molecule has 5 heteroatoms. The largest absolute Gasteiger partial charge is 0.393 e. The maximum atomic E-state index is 11.7. The molecule has 1 aromatic carbocycles. The van der Waals surface area contributed by atoms with Crippen molar-refractivity contribution in [3.8, 4) is 0 Å². The van der Waals surface area contributed by atoms with Gasteiger partial charge in [0, 0.05) is 12.3 Å². The summed E-state index contributed by atoms with van der Waals surface area (Å²) in [6, 6.07) is 9.85. The zero-order chi connectivity index (χ0) is 16.5. The van der Waals surface area contributed by atoms with Crippen molar-refractivity contribution in [3.05, 3.63) is 35.9 Å². The van der Waals surface area contributed by atoms with Crippen LogP contribution in [0.4, 0.5) is 0 Å². The van der Waals surface area contributed by atoms with E-state index < -0.39 is 23.8 Å². The van der Waals surface area contributed by atoms with Crippen LogP contribution in [0.3, 0.4) is 0 Å². The Bertz CT molecular complexity index is 476. The lowest BCUT2D eigenvalue weighted by molar-refractivity contribution is -0.126. The third-order valence-corrected chi connectivity index (χ3v) is 4.06. The monoisotopic (exact) mass is 306 g/mol. The number of aryl methyl sites for hydroxylation is 1. The molecule has 0 spiro atoms. The molecule has 22 heavy (non-hydrogen) atoms. The maximum Gasteiger partial charge on any atom is 0.220 e. The summed E-state index contributed by atoms with van der Waals surface area (Å²) in [5.41, 5.74) is 11.8. The first-order valence-corrected chi connectivity index (χ1v) is 7.73. The molecule has 0 aliphatic heterocycles. The minimum Gasteiger partial charge on any atom is -0.393 e. The molecule has 5 nitrogen and oxygen atoms in total. The van der Waals surface area contributed by atoms with E-state index in [0.717, 1.165) is 12.0 Å². The maximum absolute atomic E-state index is 11.7. The van der Waals surface area contributed by atoms with Crippen LogP contribution in [0, 0.1) is 11.8 Å². The standard InChI is InChI=1S/C17H26N2O3/c1-2-13(10-16(18)21)15(17(19)22)11-14(20)9-8-12-6-4-3-5-7-12/h3-7,13-15,20H,2,8-11H2,1H3,(H2,18,21)(H2,19,22)/t13?,14-,15+/m0/s1. The van der Waals surface area contributed by atoms with Gasteiger partial charge in [-0.15, -0.1) is 0 Å². The van der Waals surface area contributed by atoms with Crippen LogP contribution in [0.5, 0.6) is 0 Å². The Kier molecular flexibility index (Phi) is 7.60. The van der Waals surface area contributed by atoms with Crippen molar-refractivity contribution in [2.75, 3.05) is 0 Å². The number of amides is 2. The predicted octanol–water partition coefficient (Wildman–Crippen LogP) is 1.37. The number of primary amides is 2. The van der Waals surface area contributed by atoms with Gasteiger partial charge in [-0.2, -0.15) is 0 Å². The lowest BCUT2D eigenvalue weighted by atomic mass is 9.82. The fourth-order valence-corrected chi connectivity index (χ4v) is 2.76. The smallest absolute Gasteiger partial charge is 0.220 e. The molecule has 0 aliphatic carbocycles. The first-order chi connectivity index (χ1) is 10.4. The summed E-state index contributed by atoms with van der Waals surface area (Å²) in [5, 5.41) is 10.2. The zero-order valence-electron chi connectivity index (χ0n) is 13.1. The highest BCUT2D eigenvalue weighted by atomic mass is 16.3. The Hall–Kier alpha value is -1.88. The van der Waals surface area contributed by atoms with E-state index >= 15 is 0 Å². The number of hydrogen-bond donors (Lipinski definition) is 3. The Morgan fingerprint density at radius 2 is 1.82 bits per heavy atom. The number of rotatable bonds is 10. The molecule has 3 atom stereocenters. The molecule has 0 aromatic heterocycles. The van der Waals surface area contributed by atoms with Gasteiger partial charge in [-0.25, -0.2) is 0 Å². The average Bonchev–Trinajstić information content (AvgIpc) is 2.49. The molecule has 0 bridgehead atoms. The second kappa shape index (κ2) is 9.20. The van der Waals surface area contributed by atoms with Crippen LogP contribution in [0.15, 0.2) is 30.3 Å². The number of aliphatic hydroxyl groups is 1. The van der Waals surface area contributed by atoms with Crippen molar-refractivity contribution in [1.82, 2.24) is 0 Å². The number of hydrogen-bond acceptors (Lipinski definition) is 3. The van der Waals surface area contributed by atoms with E-state index in [1.807, 2.05) is 37.3 Å². The molecular weight excluding hydrogens is 280 g/mol. The Morgan fingerprint density at radius 1 is 1.18 bits per heavy atom. The van der Waals surface area contributed by atoms with E-state index in [2.05, 4.69) is 0 Å². The molecule has 0 saturated carbocycles. The third kappa shape index (κ3) is 6.26. The molecular formula is C17H26N2O3. The Morgan fingerprint density at radius 3 is 2.32 bits per heavy atom. The molecule has 1 rings (SSSR count). The predicted molar refractivity (Wildman–Crippen MR) is 85.7 cm³/mol. The number of carbonyl (C=O) groups excluding carboxylic acids is 2. The molecule has 122 valence electrons. The minimum atomic E-state index is -0.625. The molecule has 0 aliphatic rings. The van der Waals surface area contributed by atoms with E-state index in [1.54, 1.807) is 0 Å². The van der Waals surface area contributed by atoms with E-state index in [1.165, 1.54) is 0 Å². The van der Waals surface area contributed by atoms with Crippen LogP contribution in [0.2, 0.25) is 0 Å². The fraction of sp³-hybridized carbons (Fsp3) is 0.529. The first kappa shape index (κ1) is 18.2. The van der Waals surface area contributed by atoms with Gasteiger partial charge in [0.05, 0.1) is 6.10 Å². The summed E-state index contributed by atoms with van der Waals surface area (Å²) >= 11 is 0. The number of benzene rings is 1. The second-order valence-corrected chi connectivity index (χ2v) is 5.76. The topological polar surface area (TPSA) is 106 Å². The second-order valence-electron chi connectivity index (χ2n) is 5.76. The van der Waals surface area contributed by atoms with Crippen molar-refractivity contribution in [2.24, 2.45) is 23.3 Å². The molecule has 0 heterocycles. The van der Waals surface area contributed by atoms with Crippen LogP contribution < -0.4 is 11.5 Å². The summed E-state index contributed by atoms with van der Waals surface area (Å²) in [5.74, 6) is -1.66. The normalized spacial score (nSPS) is 15.0. The lowest BCUT2D eigenvalue weighted by Crippen LogP contribution is -2.35. The minimum absolute atomic E-state index is 0.121. The quantitative estimate of drug-likeness (QED) is 0.607. The van der Waals surface area contributed by atoms with E-state index in [0.29, 0.717) is 12.8 Å². The van der Waals surface area contributed by atoms with Crippen molar-refractivity contribution in [2.45, 2.75) is 45.1 Å². The average molecular weight is 306 g/mol. The molecule has 2 amide bonds. The van der Waals surface area contributed by atoms with Gasteiger partial charge in [0.15, 0.2) is 0 Å². The molecule has 0 saturated heterocycles. The Labute approximate surface area is 131 Å². The molecule has 5 N–H and O–H groups in total. The fourth-order valence-electron chi connectivity index (χ4n) is 2.76. The van der Waals surface area contributed by atoms with E-state index in [4.69, 9.17) is 11.5 Å². The molecule has 1 unspecified atom stereocenters. The number of carbonyl (C=O) groups is 2. The highest BCUT2D eigenvalue weighted by molar-refractivity contribution is 5.79. The van der Waals surface area contributed by atoms with Crippen molar-refractivity contribution in [1.29, 1.82) is 0 Å². The lowest BCUT2D eigenvalue weighted by Gasteiger charge is -2.24. The highest BCUT2D eigenvalue weighted by Crippen LogP contribution is 2.25. The first-order valence-electron chi connectivity index (χ1n) is 7.73. The van der Waals surface area contributed by atoms with Crippen molar-refractivity contribution < 1.29 is 14.7 Å². The van der Waals surface area contributed by atoms with Gasteiger partial charge < -0.3 is 16.6 Å². The van der Waals surface area contributed by atoms with Gasteiger partial charge in [-0.1, -0.05) is 43.7 Å². The summed E-state index contributed by atoms with van der Waals surface area (Å²) in [7, 11) is 0. The number of nitrogens with two attached hydrogens (primary N) is 2. The zero-order valence-corrected chi connectivity index (χ0v) is 13.1. The summed E-state index contributed by atoms with van der Waals surface area (Å²) in [4.78, 5) is 22.7. The van der Waals surface area contributed by atoms with Crippen LogP contribution in [-0.4, -0.2) is 23.0 Å². The summed E-state index contributed by atoms with van der Waals surface area (Å²) < 4.78 is 0. The van der Waals surface area contributed by atoms with Crippen LogP contribution in [0.25, 0.3) is 0 Å². The van der Waals surface area contributed by atoms with Crippen molar-refractivity contribution >= 4 is 11.8 Å². The Balaban J connectivity index is 2.57. The third-order valence-electron chi connectivity index (χ3n) is 4.06. The number of aliphatic hydroxyl groups excluding tert-OH is 1. The highest BCUT2D eigenvalue weighted by Gasteiger charge is 2.28. The molecule has 0 fully saturated rings. The van der Waals surface area contributed by atoms with Gasteiger partial charge in [0.2, 0.25) is 11.8 Å². The van der Waals surface area contributed by atoms with Crippen LogP contribution in [0.1, 0.15) is 38.2 Å². The van der Waals surface area contributed by atoms with Crippen LogP contribution in [-0.2, 0) is 16.0 Å². The van der Waals surface area contributed by atoms with Gasteiger partial charge >= 0.3 is 0 Å².